The van der Waals surface area contributed by atoms with Crippen LogP contribution >= 0.6 is 11.6 Å². The van der Waals surface area contributed by atoms with Crippen LogP contribution in [0, 0.1) is 11.8 Å². The first-order valence-electron chi connectivity index (χ1n) is 15.7. The molecular formula is C35H45ClN4O2. The Morgan fingerprint density at radius 1 is 1.07 bits per heavy atom. The van der Waals surface area contributed by atoms with Crippen LogP contribution in [0.4, 0.5) is 17.2 Å². The zero-order valence-corrected chi connectivity index (χ0v) is 26.1. The van der Waals surface area contributed by atoms with Gasteiger partial charge in [0, 0.05) is 42.9 Å². The fraction of sp³-hybridized carbons (Fsp3) is 0.514. The second kappa shape index (κ2) is 14.4. The van der Waals surface area contributed by atoms with E-state index in [-0.39, 0.29) is 11.7 Å². The molecule has 6 nitrogen and oxygen atoms in total. The number of Topliss-reactive ketones (excluding diaryl/α,β-unsaturated/α-hetero) is 1. The standard InChI is InChI=1S/C35H45ClN4O2/c1-24(25(2)41)30-12-6-7-13-32(30)38-35-31(36)22-37-34(39-35)14-8-11-28-17-18-29(21-33(28)42-3)40-20-19-26-9-4-5-10-27(23-40)16-15-26/h6-7,12-13,17-18,21-22,24,26-27H,4-5,8-11,14-16,19-20,23H2,1-3H3,(H,37,38,39). The van der Waals surface area contributed by atoms with E-state index in [1.54, 1.807) is 20.2 Å². The van der Waals surface area contributed by atoms with E-state index in [1.807, 2.05) is 31.2 Å². The van der Waals surface area contributed by atoms with Crippen LogP contribution in [0.1, 0.15) is 88.1 Å². The van der Waals surface area contributed by atoms with Crippen LogP contribution in [0.15, 0.2) is 48.7 Å². The number of nitrogens with zero attached hydrogens (tertiary/aromatic N) is 3. The van der Waals surface area contributed by atoms with Gasteiger partial charge in [0.25, 0.3) is 0 Å². The molecule has 2 fully saturated rings. The van der Waals surface area contributed by atoms with Crippen molar-refractivity contribution in [2.45, 2.75) is 84.0 Å². The topological polar surface area (TPSA) is 67.3 Å². The molecule has 1 N–H and O–H groups in total. The molecule has 224 valence electrons. The van der Waals surface area contributed by atoms with Crippen LogP contribution in [0.2, 0.25) is 5.02 Å². The van der Waals surface area contributed by atoms with Crippen LogP contribution < -0.4 is 15.0 Å². The Morgan fingerprint density at radius 3 is 2.67 bits per heavy atom. The molecule has 0 spiro atoms. The number of carbonyl (C=O) groups is 1. The molecule has 1 aromatic heterocycles. The van der Waals surface area contributed by atoms with E-state index in [2.05, 4.69) is 33.4 Å². The van der Waals surface area contributed by atoms with Gasteiger partial charge in [0.2, 0.25) is 0 Å². The quantitative estimate of drug-likeness (QED) is 0.256. The van der Waals surface area contributed by atoms with Gasteiger partial charge in [0.1, 0.15) is 22.4 Å². The number of aryl methyl sites for hydroxylation is 2. The third-order valence-electron chi connectivity index (χ3n) is 9.31. The van der Waals surface area contributed by atoms with Crippen molar-refractivity contribution in [2.24, 2.45) is 11.8 Å². The van der Waals surface area contributed by atoms with E-state index in [4.69, 9.17) is 21.3 Å². The minimum absolute atomic E-state index is 0.113. The Balaban J connectivity index is 1.23. The predicted molar refractivity (Wildman–Crippen MR) is 172 cm³/mol. The molecule has 1 saturated heterocycles. The number of ether oxygens (including phenoxy) is 1. The molecule has 7 heteroatoms. The molecule has 2 aliphatic rings. The van der Waals surface area contributed by atoms with Crippen molar-refractivity contribution in [3.8, 4) is 5.75 Å². The maximum Gasteiger partial charge on any atom is 0.152 e. The van der Waals surface area contributed by atoms with Gasteiger partial charge in [0.15, 0.2) is 5.82 Å². The molecule has 5 rings (SSSR count). The zero-order valence-electron chi connectivity index (χ0n) is 25.4. The van der Waals surface area contributed by atoms with Crippen molar-refractivity contribution >= 4 is 34.6 Å². The third-order valence-corrected chi connectivity index (χ3v) is 9.59. The Hall–Kier alpha value is -3.12. The minimum atomic E-state index is -0.219. The molecule has 2 bridgehead atoms. The number of methoxy groups -OCH3 is 1. The molecule has 0 amide bonds. The lowest BCUT2D eigenvalue weighted by Gasteiger charge is -2.36. The van der Waals surface area contributed by atoms with Gasteiger partial charge in [-0.05, 0) is 74.1 Å². The lowest BCUT2D eigenvalue weighted by Crippen LogP contribution is -2.34. The Bertz CT molecular complexity index is 1360. The second-order valence-electron chi connectivity index (χ2n) is 12.2. The second-order valence-corrected chi connectivity index (χ2v) is 12.6. The van der Waals surface area contributed by atoms with Gasteiger partial charge in [-0.2, -0.15) is 0 Å². The van der Waals surface area contributed by atoms with E-state index < -0.39 is 0 Å². The maximum atomic E-state index is 12.0. The van der Waals surface area contributed by atoms with Gasteiger partial charge in [0.05, 0.1) is 13.3 Å². The van der Waals surface area contributed by atoms with E-state index in [9.17, 15) is 4.79 Å². The van der Waals surface area contributed by atoms with Gasteiger partial charge >= 0.3 is 0 Å². The number of hydrogen-bond donors (Lipinski definition) is 1. The first kappa shape index (κ1) is 30.3. The number of aromatic nitrogens is 2. The lowest BCUT2D eigenvalue weighted by molar-refractivity contribution is -0.118. The van der Waals surface area contributed by atoms with Crippen molar-refractivity contribution in [3.63, 3.8) is 0 Å². The van der Waals surface area contributed by atoms with Crippen LogP contribution in [0.3, 0.4) is 0 Å². The largest absolute Gasteiger partial charge is 0.496 e. The summed E-state index contributed by atoms with van der Waals surface area (Å²) >= 11 is 6.47. The fourth-order valence-electron chi connectivity index (χ4n) is 6.59. The fourth-order valence-corrected chi connectivity index (χ4v) is 6.73. The normalized spacial score (nSPS) is 19.8. The summed E-state index contributed by atoms with van der Waals surface area (Å²) in [5.41, 5.74) is 4.25. The Kier molecular flexibility index (Phi) is 10.4. The van der Waals surface area contributed by atoms with Crippen molar-refractivity contribution in [2.75, 3.05) is 30.4 Å². The number of rotatable bonds is 10. The molecule has 2 aromatic carbocycles. The zero-order chi connectivity index (χ0) is 29.5. The Labute approximate surface area is 256 Å². The SMILES string of the molecule is COc1cc(N2CCC3CCCCC(CC3)C2)ccc1CCCc1ncc(Cl)c(Nc2ccccc2C(C)C(C)=O)n1. The van der Waals surface area contributed by atoms with Crippen molar-refractivity contribution in [1.29, 1.82) is 0 Å². The molecule has 3 unspecified atom stereocenters. The predicted octanol–water partition coefficient (Wildman–Crippen LogP) is 8.55. The smallest absolute Gasteiger partial charge is 0.152 e. The van der Waals surface area contributed by atoms with Gasteiger partial charge in [-0.25, -0.2) is 9.97 Å². The molecule has 3 aromatic rings. The number of benzene rings is 2. The number of hydrogen-bond acceptors (Lipinski definition) is 6. The highest BCUT2D eigenvalue weighted by atomic mass is 35.5. The number of carbonyl (C=O) groups excluding carboxylic acids is 1. The summed E-state index contributed by atoms with van der Waals surface area (Å²) in [7, 11) is 1.78. The lowest BCUT2D eigenvalue weighted by atomic mass is 9.82. The number of anilines is 3. The van der Waals surface area contributed by atoms with Gasteiger partial charge in [-0.15, -0.1) is 0 Å². The first-order chi connectivity index (χ1) is 20.4. The van der Waals surface area contributed by atoms with E-state index in [0.29, 0.717) is 10.8 Å². The average Bonchev–Trinajstić information content (AvgIpc) is 2.98. The number of ketones is 1. The van der Waals surface area contributed by atoms with E-state index in [0.717, 1.165) is 67.0 Å². The monoisotopic (exact) mass is 588 g/mol. The molecule has 2 heterocycles. The van der Waals surface area contributed by atoms with Gasteiger partial charge < -0.3 is 15.0 Å². The first-order valence-corrected chi connectivity index (χ1v) is 16.1. The van der Waals surface area contributed by atoms with Crippen molar-refractivity contribution < 1.29 is 9.53 Å². The summed E-state index contributed by atoms with van der Waals surface area (Å²) in [4.78, 5) is 23.9. The average molecular weight is 589 g/mol. The van der Waals surface area contributed by atoms with E-state index in [1.165, 1.54) is 56.2 Å². The van der Waals surface area contributed by atoms with Crippen LogP contribution in [0.5, 0.6) is 5.75 Å². The van der Waals surface area contributed by atoms with Gasteiger partial charge in [-0.1, -0.05) is 68.5 Å². The summed E-state index contributed by atoms with van der Waals surface area (Å²) < 4.78 is 5.88. The minimum Gasteiger partial charge on any atom is -0.496 e. The number of nitrogens with one attached hydrogen (secondary N) is 1. The van der Waals surface area contributed by atoms with Crippen LogP contribution in [-0.2, 0) is 17.6 Å². The highest BCUT2D eigenvalue weighted by molar-refractivity contribution is 6.32. The van der Waals surface area contributed by atoms with Crippen molar-refractivity contribution in [1.82, 2.24) is 9.97 Å². The summed E-state index contributed by atoms with van der Waals surface area (Å²) in [6.07, 6.45) is 13.8. The summed E-state index contributed by atoms with van der Waals surface area (Å²) in [6.45, 7) is 5.84. The molecule has 1 saturated carbocycles. The number of fused-ring (bicyclic) bond motifs is 3. The highest BCUT2D eigenvalue weighted by Crippen LogP contribution is 2.35. The molecule has 1 aliphatic carbocycles. The molecule has 1 aliphatic heterocycles. The third kappa shape index (κ3) is 7.63. The molecule has 0 radical (unpaired) electrons. The Morgan fingerprint density at radius 2 is 1.86 bits per heavy atom. The number of para-hydroxylation sites is 1. The summed E-state index contributed by atoms with van der Waals surface area (Å²) in [6, 6.07) is 14.6. The molecular weight excluding hydrogens is 544 g/mol. The molecule has 42 heavy (non-hydrogen) atoms. The highest BCUT2D eigenvalue weighted by Gasteiger charge is 2.24. The maximum absolute atomic E-state index is 12.0. The van der Waals surface area contributed by atoms with E-state index >= 15 is 0 Å². The van der Waals surface area contributed by atoms with Crippen LogP contribution in [0.25, 0.3) is 0 Å². The van der Waals surface area contributed by atoms with Crippen LogP contribution in [-0.4, -0.2) is 36.0 Å². The van der Waals surface area contributed by atoms with Gasteiger partial charge in [-0.3, -0.25) is 4.79 Å². The summed E-state index contributed by atoms with van der Waals surface area (Å²) in [5, 5.41) is 3.80. The summed E-state index contributed by atoms with van der Waals surface area (Å²) in [5.74, 6) is 3.85. The van der Waals surface area contributed by atoms with Crippen molar-refractivity contribution in [3.05, 3.63) is 70.6 Å². The molecule has 3 atom stereocenters. The number of halogens is 1.